The fraction of sp³-hybridized carbons (Fsp3) is 0.238. The molecule has 4 nitrogen and oxygen atoms in total. The van der Waals surface area contributed by atoms with E-state index in [9.17, 15) is 4.39 Å². The van der Waals surface area contributed by atoms with Gasteiger partial charge in [0, 0.05) is 30.4 Å². The molecule has 1 saturated heterocycles. The minimum atomic E-state index is -0.274. The van der Waals surface area contributed by atoms with Crippen molar-refractivity contribution in [3.05, 3.63) is 66.5 Å². The molecule has 0 saturated carbocycles. The number of piperidine rings is 1. The van der Waals surface area contributed by atoms with Crippen LogP contribution in [0, 0.1) is 5.82 Å². The molecule has 0 atom stereocenters. The van der Waals surface area contributed by atoms with Crippen molar-refractivity contribution in [1.82, 2.24) is 9.97 Å². The van der Waals surface area contributed by atoms with E-state index >= 15 is 0 Å². The summed E-state index contributed by atoms with van der Waals surface area (Å²) in [5.41, 5.74) is 1.64. The van der Waals surface area contributed by atoms with Crippen molar-refractivity contribution in [2.75, 3.05) is 23.3 Å². The van der Waals surface area contributed by atoms with Crippen molar-refractivity contribution in [3.8, 4) is 11.4 Å². The van der Waals surface area contributed by atoms with Crippen LogP contribution in [0.2, 0.25) is 0 Å². The molecule has 2 heterocycles. The Kier molecular flexibility index (Phi) is 4.78. The van der Waals surface area contributed by atoms with Crippen LogP contribution in [0.15, 0.2) is 60.7 Å². The highest BCUT2D eigenvalue weighted by Crippen LogP contribution is 2.26. The Labute approximate surface area is 152 Å². The molecule has 1 aromatic heterocycles. The summed E-state index contributed by atoms with van der Waals surface area (Å²) in [7, 11) is 0. The quantitative estimate of drug-likeness (QED) is 0.719. The van der Waals surface area contributed by atoms with Crippen molar-refractivity contribution in [2.45, 2.75) is 19.3 Å². The van der Waals surface area contributed by atoms with Crippen LogP contribution in [0.3, 0.4) is 0 Å². The van der Waals surface area contributed by atoms with Gasteiger partial charge in [-0.2, -0.15) is 0 Å². The zero-order chi connectivity index (χ0) is 17.8. The second kappa shape index (κ2) is 7.52. The fourth-order valence-corrected chi connectivity index (χ4v) is 3.21. The van der Waals surface area contributed by atoms with Crippen LogP contribution in [-0.2, 0) is 0 Å². The Morgan fingerprint density at radius 2 is 1.65 bits per heavy atom. The van der Waals surface area contributed by atoms with Gasteiger partial charge in [-0.05, 0) is 37.5 Å². The summed E-state index contributed by atoms with van der Waals surface area (Å²) in [6.07, 6.45) is 3.62. The average molecular weight is 348 g/mol. The highest BCUT2D eigenvalue weighted by molar-refractivity contribution is 5.65. The lowest BCUT2D eigenvalue weighted by atomic mass is 10.1. The molecule has 1 fully saturated rings. The third-order valence-corrected chi connectivity index (χ3v) is 4.52. The third-order valence-electron chi connectivity index (χ3n) is 4.52. The third kappa shape index (κ3) is 3.82. The minimum absolute atomic E-state index is 0.274. The largest absolute Gasteiger partial charge is 0.356 e. The van der Waals surface area contributed by atoms with Crippen molar-refractivity contribution in [3.63, 3.8) is 0 Å². The zero-order valence-electron chi connectivity index (χ0n) is 14.5. The number of benzene rings is 2. The van der Waals surface area contributed by atoms with Gasteiger partial charge in [-0.1, -0.05) is 36.4 Å². The number of anilines is 3. The van der Waals surface area contributed by atoms with Gasteiger partial charge in [-0.3, -0.25) is 0 Å². The van der Waals surface area contributed by atoms with Crippen molar-refractivity contribution in [2.24, 2.45) is 0 Å². The Bertz CT molecular complexity index is 876. The number of halogens is 1. The van der Waals surface area contributed by atoms with E-state index in [1.54, 1.807) is 6.07 Å². The second-order valence-corrected chi connectivity index (χ2v) is 6.48. The number of hydrogen-bond donors (Lipinski definition) is 1. The van der Waals surface area contributed by atoms with Crippen molar-refractivity contribution in [1.29, 1.82) is 0 Å². The second-order valence-electron chi connectivity index (χ2n) is 6.48. The number of rotatable bonds is 4. The van der Waals surface area contributed by atoms with Gasteiger partial charge in [0.05, 0.1) is 0 Å². The van der Waals surface area contributed by atoms with Crippen LogP contribution in [-0.4, -0.2) is 23.1 Å². The number of nitrogens with zero attached hydrogens (tertiary/aromatic N) is 3. The molecule has 0 aliphatic carbocycles. The predicted octanol–water partition coefficient (Wildman–Crippen LogP) is 5.02. The first-order valence-electron chi connectivity index (χ1n) is 9.00. The van der Waals surface area contributed by atoms with E-state index in [-0.39, 0.29) is 5.82 Å². The first-order chi connectivity index (χ1) is 12.8. The van der Waals surface area contributed by atoms with Crippen LogP contribution in [0.1, 0.15) is 19.3 Å². The standard InChI is InChI=1S/C21H21FN4/c22-17-10-7-11-18(14-17)23-19-15-20(26-12-5-2-6-13-26)25-21(24-19)16-8-3-1-4-9-16/h1,3-4,7-11,14-15H,2,5-6,12-13H2,(H,23,24,25). The Balaban J connectivity index is 1.72. The molecule has 5 heteroatoms. The zero-order valence-corrected chi connectivity index (χ0v) is 14.5. The molecule has 0 radical (unpaired) electrons. The van der Waals surface area contributed by atoms with Gasteiger partial charge in [0.15, 0.2) is 5.82 Å². The molecule has 1 N–H and O–H groups in total. The SMILES string of the molecule is Fc1cccc(Nc2cc(N3CCCCC3)nc(-c3ccccc3)n2)c1. The summed E-state index contributed by atoms with van der Waals surface area (Å²) < 4.78 is 13.5. The van der Waals surface area contributed by atoms with Gasteiger partial charge in [0.25, 0.3) is 0 Å². The lowest BCUT2D eigenvalue weighted by molar-refractivity contribution is 0.573. The minimum Gasteiger partial charge on any atom is -0.356 e. The van der Waals surface area contributed by atoms with E-state index in [1.807, 2.05) is 42.5 Å². The molecule has 1 aliphatic heterocycles. The van der Waals surface area contributed by atoms with E-state index in [0.717, 1.165) is 24.5 Å². The highest BCUT2D eigenvalue weighted by atomic mass is 19.1. The Morgan fingerprint density at radius 3 is 2.42 bits per heavy atom. The van der Waals surface area contributed by atoms with Crippen molar-refractivity contribution >= 4 is 17.3 Å². The van der Waals surface area contributed by atoms with E-state index in [4.69, 9.17) is 4.98 Å². The van der Waals surface area contributed by atoms with Gasteiger partial charge in [-0.15, -0.1) is 0 Å². The summed E-state index contributed by atoms with van der Waals surface area (Å²) in [5.74, 6) is 1.98. The Hall–Kier alpha value is -2.95. The van der Waals surface area contributed by atoms with Gasteiger partial charge in [0.2, 0.25) is 0 Å². The average Bonchev–Trinajstić information content (AvgIpc) is 2.69. The van der Waals surface area contributed by atoms with Gasteiger partial charge in [-0.25, -0.2) is 14.4 Å². The summed E-state index contributed by atoms with van der Waals surface area (Å²) in [5, 5.41) is 3.22. The molecule has 132 valence electrons. The molecule has 0 spiro atoms. The lowest BCUT2D eigenvalue weighted by Crippen LogP contribution is -2.30. The van der Waals surface area contributed by atoms with E-state index in [1.165, 1.54) is 31.4 Å². The van der Waals surface area contributed by atoms with Crippen LogP contribution < -0.4 is 10.2 Å². The Morgan fingerprint density at radius 1 is 0.846 bits per heavy atom. The van der Waals surface area contributed by atoms with Crippen LogP contribution >= 0.6 is 0 Å². The maximum Gasteiger partial charge on any atom is 0.163 e. The summed E-state index contributed by atoms with van der Waals surface area (Å²) >= 11 is 0. The maximum atomic E-state index is 13.5. The van der Waals surface area contributed by atoms with Crippen LogP contribution in [0.4, 0.5) is 21.7 Å². The summed E-state index contributed by atoms with van der Waals surface area (Å²) in [4.78, 5) is 11.7. The number of hydrogen-bond acceptors (Lipinski definition) is 4. The predicted molar refractivity (Wildman–Crippen MR) is 103 cm³/mol. The first-order valence-corrected chi connectivity index (χ1v) is 9.00. The normalized spacial score (nSPS) is 14.3. The molecule has 26 heavy (non-hydrogen) atoms. The highest BCUT2D eigenvalue weighted by Gasteiger charge is 2.15. The molecular weight excluding hydrogens is 327 g/mol. The van der Waals surface area contributed by atoms with Crippen LogP contribution in [0.5, 0.6) is 0 Å². The summed E-state index contributed by atoms with van der Waals surface area (Å²) in [6.45, 7) is 2.01. The molecule has 0 amide bonds. The van der Waals surface area contributed by atoms with Crippen LogP contribution in [0.25, 0.3) is 11.4 Å². The smallest absolute Gasteiger partial charge is 0.163 e. The number of nitrogens with one attached hydrogen (secondary N) is 1. The number of aromatic nitrogens is 2. The van der Waals surface area contributed by atoms with E-state index < -0.39 is 0 Å². The summed E-state index contributed by atoms with van der Waals surface area (Å²) in [6, 6.07) is 18.3. The van der Waals surface area contributed by atoms with Gasteiger partial charge in [0.1, 0.15) is 17.5 Å². The molecular formula is C21H21FN4. The van der Waals surface area contributed by atoms with Gasteiger partial charge >= 0.3 is 0 Å². The maximum absolute atomic E-state index is 13.5. The molecule has 4 rings (SSSR count). The van der Waals surface area contributed by atoms with E-state index in [2.05, 4.69) is 15.2 Å². The fourth-order valence-electron chi connectivity index (χ4n) is 3.21. The topological polar surface area (TPSA) is 41.0 Å². The van der Waals surface area contributed by atoms with Gasteiger partial charge < -0.3 is 10.2 Å². The van der Waals surface area contributed by atoms with Crippen molar-refractivity contribution < 1.29 is 4.39 Å². The lowest BCUT2D eigenvalue weighted by Gasteiger charge is -2.28. The molecule has 0 bridgehead atoms. The molecule has 2 aromatic carbocycles. The molecule has 3 aromatic rings. The first kappa shape index (κ1) is 16.5. The molecule has 1 aliphatic rings. The molecule has 0 unspecified atom stereocenters. The monoisotopic (exact) mass is 348 g/mol. The van der Waals surface area contributed by atoms with E-state index in [0.29, 0.717) is 17.3 Å².